The molecule has 0 heterocycles. The van der Waals surface area contributed by atoms with Crippen molar-refractivity contribution in [3.8, 4) is 0 Å². The Bertz CT molecular complexity index is 2350. The Morgan fingerprint density at radius 2 is 0.435 bits per heavy atom. The summed E-state index contributed by atoms with van der Waals surface area (Å²) in [6, 6.07) is 0. The van der Waals surface area contributed by atoms with E-state index in [4.69, 9.17) is 53.8 Å². The molecule has 0 aromatic heterocycles. The summed E-state index contributed by atoms with van der Waals surface area (Å²) in [5, 5.41) is 349. The molecule has 0 rings (SSSR count). The van der Waals surface area contributed by atoms with Crippen LogP contribution in [0.3, 0.4) is 0 Å². The second-order valence-electron chi connectivity index (χ2n) is 27.0. The van der Waals surface area contributed by atoms with Crippen LogP contribution in [0.15, 0.2) is 0 Å². The lowest BCUT2D eigenvalue weighted by molar-refractivity contribution is -0.130. The number of carbonyl (C=O) groups is 3. The summed E-state index contributed by atoms with van der Waals surface area (Å²) in [5.41, 5.74) is 5.70. The number of carbonyl (C=O) groups excluding carboxylic acids is 3. The van der Waals surface area contributed by atoms with Crippen molar-refractivity contribution in [2.24, 2.45) is 5.73 Å². The molecule has 686 valence electrons. The number of hydrogen-bond acceptors (Lipinski definition) is 49. The van der Waals surface area contributed by atoms with Crippen LogP contribution in [-0.4, -0.2) is 587 Å². The zero-order valence-corrected chi connectivity index (χ0v) is 63.1. The molecule has 0 aromatic rings. The van der Waals surface area contributed by atoms with Crippen molar-refractivity contribution in [3.05, 3.63) is 0 Å². The molecular formula is C63H129N7O45. The summed E-state index contributed by atoms with van der Waals surface area (Å²) >= 11 is 0. The normalized spacial score (nSPS) is 20.3. The van der Waals surface area contributed by atoms with Crippen LogP contribution in [-0.2, 0) is 37.9 Å². The van der Waals surface area contributed by atoms with Crippen LogP contribution in [0, 0.1) is 0 Å². The van der Waals surface area contributed by atoms with E-state index in [1.165, 1.54) is 0 Å². The Hall–Kier alpha value is -3.91. The fourth-order valence-corrected chi connectivity index (χ4v) is 10.1. The summed E-state index contributed by atoms with van der Waals surface area (Å²) in [4.78, 5) is 42.2. The lowest BCUT2D eigenvalue weighted by atomic mass is 10.0. The molecule has 0 fully saturated rings. The predicted molar refractivity (Wildman–Crippen MR) is 379 cm³/mol. The van der Waals surface area contributed by atoms with Crippen molar-refractivity contribution in [2.75, 3.05) is 197 Å². The molecule has 0 saturated carbocycles. The van der Waals surface area contributed by atoms with Crippen molar-refractivity contribution in [2.45, 2.75) is 183 Å². The molecule has 115 heavy (non-hydrogen) atoms. The molecule has 39 N–H and O–H groups in total. The van der Waals surface area contributed by atoms with E-state index in [-0.39, 0.29) is 26.2 Å². The largest absolute Gasteiger partial charge is 0.446 e. The summed E-state index contributed by atoms with van der Waals surface area (Å²) in [5.74, 6) is 0. The monoisotopic (exact) mass is 1700 g/mol. The molecular weight excluding hydrogens is 1570 g/mol. The summed E-state index contributed by atoms with van der Waals surface area (Å²) < 4.78 is 42.5. The van der Waals surface area contributed by atoms with Crippen molar-refractivity contribution in [3.63, 3.8) is 0 Å². The molecule has 3 amide bonds. The topological polar surface area (TPSA) is 885 Å². The maximum absolute atomic E-state index is 13.3. The molecule has 30 atom stereocenters. The van der Waals surface area contributed by atoms with Gasteiger partial charge in [0.15, 0.2) is 6.10 Å². The minimum atomic E-state index is -2.16. The van der Waals surface area contributed by atoms with Gasteiger partial charge in [-0.25, -0.2) is 14.4 Å². The minimum absolute atomic E-state index is 0.293. The highest BCUT2D eigenvalue weighted by atomic mass is 16.6. The van der Waals surface area contributed by atoms with Gasteiger partial charge in [0.1, 0.15) is 147 Å². The number of amides is 3. The molecule has 52 nitrogen and oxygen atoms in total. The molecule has 52 heteroatoms. The first kappa shape index (κ1) is 111. The smallest absolute Gasteiger partial charge is 0.407 e. The maximum atomic E-state index is 13.3. The first-order valence-corrected chi connectivity index (χ1v) is 36.4. The van der Waals surface area contributed by atoms with E-state index >= 15 is 0 Å². The minimum Gasteiger partial charge on any atom is -0.446 e. The number of aliphatic hydroxyl groups excluding tert-OH is 34. The third-order valence-corrected chi connectivity index (χ3v) is 17.0. The van der Waals surface area contributed by atoms with E-state index in [0.29, 0.717) is 0 Å². The third-order valence-electron chi connectivity index (χ3n) is 17.0. The van der Waals surface area contributed by atoms with Crippen LogP contribution in [0.5, 0.6) is 0 Å². The van der Waals surface area contributed by atoms with Gasteiger partial charge in [0, 0.05) is 85.1 Å². The molecule has 0 aliphatic rings. The van der Waals surface area contributed by atoms with Gasteiger partial charge in [-0.05, 0) is 0 Å². The van der Waals surface area contributed by atoms with Crippen molar-refractivity contribution >= 4 is 18.3 Å². The van der Waals surface area contributed by atoms with Gasteiger partial charge in [-0.3, -0.25) is 14.7 Å². The summed E-state index contributed by atoms with van der Waals surface area (Å²) in [7, 11) is 0. The molecule has 0 aliphatic heterocycles. The van der Waals surface area contributed by atoms with Crippen molar-refractivity contribution < 1.29 is 226 Å². The van der Waals surface area contributed by atoms with Gasteiger partial charge in [0.25, 0.3) is 0 Å². The molecule has 0 aromatic carbocycles. The van der Waals surface area contributed by atoms with Crippen LogP contribution in [0.1, 0.15) is 0 Å². The molecule has 0 saturated heterocycles. The van der Waals surface area contributed by atoms with E-state index in [1.807, 2.05) is 0 Å². The average molecular weight is 1700 g/mol. The zero-order chi connectivity index (χ0) is 87.8. The summed E-state index contributed by atoms with van der Waals surface area (Å²) in [6.45, 7) is -18.7. The van der Waals surface area contributed by atoms with Gasteiger partial charge < -0.3 is 233 Å². The van der Waals surface area contributed by atoms with Gasteiger partial charge in [-0.15, -0.1) is 0 Å². The van der Waals surface area contributed by atoms with Gasteiger partial charge in [0.2, 0.25) is 0 Å². The maximum Gasteiger partial charge on any atom is 0.407 e. The van der Waals surface area contributed by atoms with Gasteiger partial charge in [0.05, 0.1) is 142 Å². The third kappa shape index (κ3) is 46.1. The first-order chi connectivity index (χ1) is 54.1. The lowest BCUT2D eigenvalue weighted by Crippen LogP contribution is -2.54. The van der Waals surface area contributed by atoms with Crippen LogP contribution < -0.4 is 21.7 Å². The Morgan fingerprint density at radius 3 is 0.643 bits per heavy atom. The predicted octanol–water partition coefficient (Wildman–Crippen LogP) is -23.1. The van der Waals surface area contributed by atoms with E-state index in [1.54, 1.807) is 0 Å². The van der Waals surface area contributed by atoms with E-state index in [2.05, 4.69) is 16.0 Å². The zero-order valence-electron chi connectivity index (χ0n) is 63.1. The second kappa shape index (κ2) is 62.2. The highest BCUT2D eigenvalue weighted by Crippen LogP contribution is 2.16. The Morgan fingerprint density at radius 1 is 0.252 bits per heavy atom. The number of alkyl carbamates (subject to hydrolysis) is 3. The number of aliphatic hydroxyl groups is 34. The Labute approximate surface area is 659 Å². The van der Waals surface area contributed by atoms with Gasteiger partial charge >= 0.3 is 18.3 Å². The fraction of sp³-hybridized carbons (Fsp3) is 0.952. The number of nitrogens with zero attached hydrogens (tertiary/aromatic N) is 3. The van der Waals surface area contributed by atoms with Crippen LogP contribution in [0.2, 0.25) is 0 Å². The summed E-state index contributed by atoms with van der Waals surface area (Å²) in [6.07, 6.45) is -60.4. The van der Waals surface area contributed by atoms with Crippen LogP contribution in [0.25, 0.3) is 0 Å². The number of hydrogen-bond donors (Lipinski definition) is 38. The quantitative estimate of drug-likeness (QED) is 0.0251. The molecule has 0 radical (unpaired) electrons. The molecule has 6 unspecified atom stereocenters. The average Bonchev–Trinajstić information content (AvgIpc) is 0.875. The van der Waals surface area contributed by atoms with Crippen molar-refractivity contribution in [1.82, 2.24) is 30.7 Å². The number of ether oxygens (including phenoxy) is 8. The number of nitrogens with two attached hydrogens (primary N) is 1. The van der Waals surface area contributed by atoms with Crippen LogP contribution >= 0.6 is 0 Å². The Balaban J connectivity index is 5.79. The van der Waals surface area contributed by atoms with Gasteiger partial charge in [-0.2, -0.15) is 0 Å². The second-order valence-corrected chi connectivity index (χ2v) is 27.0. The lowest BCUT2D eigenvalue weighted by Gasteiger charge is -2.33. The first-order valence-electron chi connectivity index (χ1n) is 36.4. The fourth-order valence-electron chi connectivity index (χ4n) is 10.1. The van der Waals surface area contributed by atoms with Crippen LogP contribution in [0.4, 0.5) is 14.4 Å². The molecule has 0 bridgehead atoms. The van der Waals surface area contributed by atoms with E-state index in [0.717, 1.165) is 14.7 Å². The highest BCUT2D eigenvalue weighted by molar-refractivity contribution is 5.68. The Kier molecular flexibility index (Phi) is 60.1. The van der Waals surface area contributed by atoms with Crippen molar-refractivity contribution in [1.29, 1.82) is 0 Å². The molecule has 0 aliphatic carbocycles. The number of rotatable bonds is 70. The SMILES string of the molecule is NCC(COCC(O)COCC(O)COCC(O)COCC(O)COCC(COC(=O)NCCN(C[C@H](O)[C@@H](O)[C@H](O)[C@H](O)CO)C[C@H](O)[C@@H](O)[C@H](O)[C@H](O)CO)OC(=O)NCCN(C[C@H](O)[C@@H](O)[C@H](O)[C@H](O)CO)C[C@H](O)[C@@H](O)[C@H](O)[C@H](O)CO)OC(=O)NCCN(C[C@H](O)[C@@H](O)[C@H](O)[C@H](O)CO)C[C@H](O)[C@@H](O)[C@H](O)[C@H](O)CO. The standard InChI is InChI=1S/C63H129N7O45/c64-7-35(114-62(106)66-2-5-69(10-39(83)51(95)57(101)45(89)16-73)11-40(84)52(96)58(102)46(90)17-74)28-111-26-33(79)24-109-22-31(77)20-108-21-32(78)23-110-25-34(80)27-112-29-36(115-63(107)67-3-6-70(12-41(85)53(97)59(103)47(91)18-75)13-42(86)54(98)60(104)48(92)19-76)30-113-61(105)65-1-4-68(8-37(81)49(93)55(99)43(87)14-71)9-38(82)50(94)56(100)44(88)15-72/h31-60,71-104H,1-30,64H2,(H,65,105)(H,66,106)(H,67,107)/t31?,32?,33?,34?,35?,36?,37-,38-,39-,40-,41-,42-,43+,44+,45+,46+,47+,48+,49+,50+,51+,52+,53+,54+,55+,56+,57+,58+,59+,60+/m0/s1. The van der Waals surface area contributed by atoms with Gasteiger partial charge in [-0.1, -0.05) is 0 Å². The van der Waals surface area contributed by atoms with E-state index < -0.39 is 373 Å². The highest BCUT2D eigenvalue weighted by Gasteiger charge is 2.39. The number of nitrogens with one attached hydrogen (secondary N) is 3. The van der Waals surface area contributed by atoms with E-state index in [9.17, 15) is 178 Å². The molecule has 0 spiro atoms.